The van der Waals surface area contributed by atoms with Crippen LogP contribution in [0, 0.1) is 5.82 Å². The fourth-order valence-corrected chi connectivity index (χ4v) is 3.89. The number of aromatic nitrogens is 2. The number of amides is 1. The molecule has 2 aliphatic rings. The largest absolute Gasteiger partial charge is 0.352 e. The van der Waals surface area contributed by atoms with E-state index >= 15 is 0 Å². The number of nitrogens with one attached hydrogen (secondary N) is 1. The van der Waals surface area contributed by atoms with Crippen molar-refractivity contribution in [2.24, 2.45) is 0 Å². The second kappa shape index (κ2) is 8.05. The summed E-state index contributed by atoms with van der Waals surface area (Å²) in [5.41, 5.74) is 3.16. The second-order valence-electron chi connectivity index (χ2n) is 7.41. The quantitative estimate of drug-likeness (QED) is 0.882. The third-order valence-corrected chi connectivity index (χ3v) is 5.43. The molecular weight excluding hydrogens is 343 g/mol. The molecule has 27 heavy (non-hydrogen) atoms. The summed E-state index contributed by atoms with van der Waals surface area (Å²) in [6.07, 6.45) is 11.6. The molecule has 142 valence electrons. The molecule has 1 aromatic heterocycles. The molecule has 1 N–H and O–H groups in total. The summed E-state index contributed by atoms with van der Waals surface area (Å²) in [5, 5.41) is 7.54. The van der Waals surface area contributed by atoms with Gasteiger partial charge in [-0.15, -0.1) is 0 Å². The van der Waals surface area contributed by atoms with Crippen molar-refractivity contribution in [3.63, 3.8) is 0 Å². The van der Waals surface area contributed by atoms with Crippen molar-refractivity contribution in [2.75, 3.05) is 19.6 Å². The number of carbonyl (C=O) groups excluding carboxylic acids is 1. The summed E-state index contributed by atoms with van der Waals surface area (Å²) >= 11 is 0. The third kappa shape index (κ3) is 4.45. The van der Waals surface area contributed by atoms with Crippen molar-refractivity contribution in [3.8, 4) is 5.69 Å². The van der Waals surface area contributed by atoms with Gasteiger partial charge in [-0.3, -0.25) is 9.69 Å². The van der Waals surface area contributed by atoms with Gasteiger partial charge in [0.15, 0.2) is 0 Å². The van der Waals surface area contributed by atoms with Gasteiger partial charge in [-0.25, -0.2) is 9.07 Å². The van der Waals surface area contributed by atoms with Gasteiger partial charge in [-0.1, -0.05) is 18.9 Å². The molecular formula is C21H25FN4O. The van der Waals surface area contributed by atoms with E-state index in [1.807, 2.05) is 12.4 Å². The van der Waals surface area contributed by atoms with Crippen molar-refractivity contribution in [3.05, 3.63) is 54.1 Å². The van der Waals surface area contributed by atoms with Crippen molar-refractivity contribution in [2.45, 2.75) is 38.1 Å². The maximum absolute atomic E-state index is 13.1. The minimum absolute atomic E-state index is 0.142. The molecule has 4 rings (SSSR count). The minimum Gasteiger partial charge on any atom is -0.352 e. The number of benzene rings is 1. The number of hydrogen-bond acceptors (Lipinski definition) is 3. The molecule has 0 spiro atoms. The Bertz CT molecular complexity index is 821. The van der Waals surface area contributed by atoms with Crippen LogP contribution in [0.2, 0.25) is 0 Å². The molecule has 1 saturated carbocycles. The second-order valence-corrected chi connectivity index (χ2v) is 7.41. The highest BCUT2D eigenvalue weighted by molar-refractivity contribution is 5.78. The molecule has 2 heterocycles. The van der Waals surface area contributed by atoms with Crippen LogP contribution in [-0.4, -0.2) is 46.3 Å². The molecule has 0 radical (unpaired) electrons. The van der Waals surface area contributed by atoms with Gasteiger partial charge in [0.1, 0.15) is 5.82 Å². The van der Waals surface area contributed by atoms with E-state index in [2.05, 4.69) is 21.4 Å². The van der Waals surface area contributed by atoms with Gasteiger partial charge in [0.2, 0.25) is 5.91 Å². The fraction of sp³-hybridized carbons (Fsp3) is 0.429. The lowest BCUT2D eigenvalue weighted by atomic mass is 10.0. The zero-order valence-corrected chi connectivity index (χ0v) is 15.4. The van der Waals surface area contributed by atoms with Crippen LogP contribution >= 0.6 is 0 Å². The van der Waals surface area contributed by atoms with Gasteiger partial charge in [-0.05, 0) is 49.1 Å². The number of rotatable bonds is 5. The number of halogens is 1. The number of carbonyl (C=O) groups is 1. The van der Waals surface area contributed by atoms with Crippen molar-refractivity contribution in [1.82, 2.24) is 20.0 Å². The SMILES string of the molecule is O=C(CN1CC=C(c2cnn(-c3ccc(F)cc3)c2)CC1)NC1CCCC1. The van der Waals surface area contributed by atoms with Crippen LogP contribution in [0.25, 0.3) is 11.3 Å². The van der Waals surface area contributed by atoms with Gasteiger partial charge < -0.3 is 5.32 Å². The summed E-state index contributed by atoms with van der Waals surface area (Å²) in [6, 6.07) is 6.68. The predicted octanol–water partition coefficient (Wildman–Crippen LogP) is 3.16. The van der Waals surface area contributed by atoms with E-state index in [4.69, 9.17) is 0 Å². The van der Waals surface area contributed by atoms with Crippen LogP contribution in [0.1, 0.15) is 37.7 Å². The Kier molecular flexibility index (Phi) is 5.34. The molecule has 5 nitrogen and oxygen atoms in total. The van der Waals surface area contributed by atoms with E-state index in [-0.39, 0.29) is 11.7 Å². The molecule has 0 saturated heterocycles. The lowest BCUT2D eigenvalue weighted by Crippen LogP contribution is -2.42. The molecule has 1 aliphatic heterocycles. The molecule has 1 amide bonds. The van der Waals surface area contributed by atoms with E-state index in [1.54, 1.807) is 16.8 Å². The Hall–Kier alpha value is -2.47. The van der Waals surface area contributed by atoms with E-state index in [0.717, 1.165) is 43.6 Å². The molecule has 6 heteroatoms. The Morgan fingerprint density at radius 3 is 2.70 bits per heavy atom. The minimum atomic E-state index is -0.252. The monoisotopic (exact) mass is 368 g/mol. The van der Waals surface area contributed by atoms with Gasteiger partial charge in [-0.2, -0.15) is 5.10 Å². The van der Waals surface area contributed by atoms with Crippen molar-refractivity contribution in [1.29, 1.82) is 0 Å². The van der Waals surface area contributed by atoms with Gasteiger partial charge in [0, 0.05) is 30.9 Å². The summed E-state index contributed by atoms with van der Waals surface area (Å²) in [6.45, 7) is 2.11. The summed E-state index contributed by atoms with van der Waals surface area (Å²) < 4.78 is 14.8. The molecule has 1 aliphatic carbocycles. The summed E-state index contributed by atoms with van der Waals surface area (Å²) in [7, 11) is 0. The topological polar surface area (TPSA) is 50.2 Å². The molecule has 0 unspecified atom stereocenters. The average Bonchev–Trinajstić information content (AvgIpc) is 3.35. The van der Waals surface area contributed by atoms with Crippen LogP contribution in [0.5, 0.6) is 0 Å². The van der Waals surface area contributed by atoms with E-state index < -0.39 is 0 Å². The van der Waals surface area contributed by atoms with Gasteiger partial charge >= 0.3 is 0 Å². The van der Waals surface area contributed by atoms with Crippen molar-refractivity contribution < 1.29 is 9.18 Å². The predicted molar refractivity (Wildman–Crippen MR) is 103 cm³/mol. The van der Waals surface area contributed by atoms with Crippen LogP contribution in [0.15, 0.2) is 42.7 Å². The van der Waals surface area contributed by atoms with E-state index in [9.17, 15) is 9.18 Å². The maximum Gasteiger partial charge on any atom is 0.234 e. The summed E-state index contributed by atoms with van der Waals surface area (Å²) in [5.74, 6) is -0.110. The Morgan fingerprint density at radius 2 is 2.00 bits per heavy atom. The molecule has 0 atom stereocenters. The molecule has 1 fully saturated rings. The van der Waals surface area contributed by atoms with E-state index in [1.165, 1.54) is 30.5 Å². The lowest BCUT2D eigenvalue weighted by Gasteiger charge is -2.26. The number of hydrogen-bond donors (Lipinski definition) is 1. The first kappa shape index (κ1) is 17.9. The van der Waals surface area contributed by atoms with Crippen molar-refractivity contribution >= 4 is 11.5 Å². The fourth-order valence-electron chi connectivity index (χ4n) is 3.89. The zero-order chi connectivity index (χ0) is 18.6. The Morgan fingerprint density at radius 1 is 1.22 bits per heavy atom. The maximum atomic E-state index is 13.1. The highest BCUT2D eigenvalue weighted by Gasteiger charge is 2.20. The third-order valence-electron chi connectivity index (χ3n) is 5.43. The average molecular weight is 368 g/mol. The highest BCUT2D eigenvalue weighted by Crippen LogP contribution is 2.23. The highest BCUT2D eigenvalue weighted by atomic mass is 19.1. The normalized spacial score (nSPS) is 18.5. The standard InChI is InChI=1S/C21H25FN4O/c22-18-5-7-20(8-6-18)26-14-17(13-23-26)16-9-11-25(12-10-16)15-21(27)24-19-3-1-2-4-19/h5-9,13-14,19H,1-4,10-12,15H2,(H,24,27). The molecule has 0 bridgehead atoms. The van der Waals surface area contributed by atoms with Gasteiger partial charge in [0.05, 0.1) is 18.4 Å². The lowest BCUT2D eigenvalue weighted by molar-refractivity contribution is -0.122. The van der Waals surface area contributed by atoms with Crippen LogP contribution in [0.3, 0.4) is 0 Å². The molecule has 1 aromatic carbocycles. The molecule has 2 aromatic rings. The Balaban J connectivity index is 1.33. The smallest absolute Gasteiger partial charge is 0.234 e. The first-order chi connectivity index (χ1) is 13.2. The van der Waals surface area contributed by atoms with E-state index in [0.29, 0.717) is 12.6 Å². The van der Waals surface area contributed by atoms with Crippen LogP contribution in [0.4, 0.5) is 4.39 Å². The van der Waals surface area contributed by atoms with Crippen LogP contribution in [-0.2, 0) is 4.79 Å². The van der Waals surface area contributed by atoms with Gasteiger partial charge in [0.25, 0.3) is 0 Å². The Labute approximate surface area is 158 Å². The van der Waals surface area contributed by atoms with Crippen LogP contribution < -0.4 is 5.32 Å². The zero-order valence-electron chi connectivity index (χ0n) is 15.4. The first-order valence-corrected chi connectivity index (χ1v) is 9.69. The first-order valence-electron chi connectivity index (χ1n) is 9.69. The summed E-state index contributed by atoms with van der Waals surface area (Å²) in [4.78, 5) is 14.4. The number of nitrogens with zero attached hydrogens (tertiary/aromatic N) is 3.